The lowest BCUT2D eigenvalue weighted by Gasteiger charge is -2.16. The van der Waals surface area contributed by atoms with E-state index < -0.39 is 6.36 Å². The normalized spacial score (nSPS) is 11.6. The highest BCUT2D eigenvalue weighted by atomic mass is 19.4. The Morgan fingerprint density at radius 3 is 2.13 bits per heavy atom. The zero-order chi connectivity index (χ0) is 17.0. The molecule has 0 aliphatic carbocycles. The van der Waals surface area contributed by atoms with Gasteiger partial charge >= 0.3 is 6.36 Å². The van der Waals surface area contributed by atoms with Crippen LogP contribution in [-0.4, -0.2) is 13.0 Å². The Labute approximate surface area is 132 Å². The third kappa shape index (κ3) is 5.09. The molecule has 0 aromatic heterocycles. The zero-order valence-corrected chi connectivity index (χ0v) is 12.9. The Bertz CT molecular complexity index is 652. The van der Waals surface area contributed by atoms with Gasteiger partial charge < -0.3 is 15.2 Å². The van der Waals surface area contributed by atoms with Gasteiger partial charge in [0.2, 0.25) is 0 Å². The van der Waals surface area contributed by atoms with E-state index in [1.165, 1.54) is 12.1 Å². The molecule has 0 aliphatic heterocycles. The molecule has 0 unspecified atom stereocenters. The van der Waals surface area contributed by atoms with Crippen LogP contribution in [0.2, 0.25) is 0 Å². The molecular weight excluding hydrogens is 307 g/mol. The van der Waals surface area contributed by atoms with E-state index >= 15 is 0 Å². The molecule has 23 heavy (non-hydrogen) atoms. The smallest absolute Gasteiger partial charge is 0.489 e. The maximum atomic E-state index is 12.5. The fourth-order valence-corrected chi connectivity index (χ4v) is 1.94. The van der Waals surface area contributed by atoms with Crippen LogP contribution < -0.4 is 15.2 Å². The Kier molecular flexibility index (Phi) is 5.03. The molecule has 2 N–H and O–H groups in total. The Morgan fingerprint density at radius 1 is 0.957 bits per heavy atom. The molecule has 0 spiro atoms. The van der Waals surface area contributed by atoms with Crippen molar-refractivity contribution in [2.45, 2.75) is 20.2 Å². The van der Waals surface area contributed by atoms with Gasteiger partial charge in [-0.3, -0.25) is 0 Å². The van der Waals surface area contributed by atoms with E-state index in [2.05, 4.69) is 4.74 Å². The van der Waals surface area contributed by atoms with Crippen LogP contribution in [0, 0.1) is 5.92 Å². The second-order valence-corrected chi connectivity index (χ2v) is 5.54. The molecule has 0 heterocycles. The number of rotatable bonds is 5. The van der Waals surface area contributed by atoms with Crippen molar-refractivity contribution in [2.24, 2.45) is 5.92 Å². The van der Waals surface area contributed by atoms with Crippen molar-refractivity contribution >= 4 is 5.69 Å². The summed E-state index contributed by atoms with van der Waals surface area (Å²) in [4.78, 5) is 0. The molecular formula is C17H18F3NO2. The van der Waals surface area contributed by atoms with E-state index in [1.807, 2.05) is 13.8 Å². The first-order chi connectivity index (χ1) is 10.7. The highest BCUT2D eigenvalue weighted by molar-refractivity contribution is 5.68. The van der Waals surface area contributed by atoms with Gasteiger partial charge in [0.25, 0.3) is 0 Å². The topological polar surface area (TPSA) is 44.5 Å². The average Bonchev–Trinajstić information content (AvgIpc) is 2.45. The summed E-state index contributed by atoms with van der Waals surface area (Å²) in [5.41, 5.74) is 7.80. The highest BCUT2D eigenvalue weighted by Gasteiger charge is 2.32. The average molecular weight is 325 g/mol. The van der Waals surface area contributed by atoms with E-state index in [0.717, 1.165) is 11.1 Å². The van der Waals surface area contributed by atoms with Gasteiger partial charge in [0, 0.05) is 5.69 Å². The molecule has 6 heteroatoms. The summed E-state index contributed by atoms with van der Waals surface area (Å²) in [5, 5.41) is 0. The van der Waals surface area contributed by atoms with Crippen LogP contribution >= 0.6 is 0 Å². The number of ether oxygens (including phenoxy) is 2. The van der Waals surface area contributed by atoms with E-state index in [9.17, 15) is 13.2 Å². The molecule has 0 fully saturated rings. The van der Waals surface area contributed by atoms with Crippen molar-refractivity contribution in [1.29, 1.82) is 0 Å². The zero-order valence-electron chi connectivity index (χ0n) is 12.9. The summed E-state index contributed by atoms with van der Waals surface area (Å²) < 4.78 is 47.0. The quantitative estimate of drug-likeness (QED) is 0.798. The number of alkyl halides is 3. The number of hydrogen-bond donors (Lipinski definition) is 1. The van der Waals surface area contributed by atoms with Gasteiger partial charge in [-0.2, -0.15) is 0 Å². The minimum absolute atomic E-state index is 0.0605. The third-order valence-electron chi connectivity index (χ3n) is 2.99. The first-order valence-electron chi connectivity index (χ1n) is 7.13. The first-order valence-corrected chi connectivity index (χ1v) is 7.13. The monoisotopic (exact) mass is 325 g/mol. The number of benzene rings is 2. The summed E-state index contributed by atoms with van der Waals surface area (Å²) in [6.45, 7) is 4.11. The number of nitrogen functional groups attached to an aromatic ring is 1. The molecule has 0 atom stereocenters. The molecule has 0 bridgehead atoms. The van der Waals surface area contributed by atoms with Crippen LogP contribution in [0.4, 0.5) is 18.9 Å². The van der Waals surface area contributed by atoms with Crippen LogP contribution in [-0.2, 0) is 0 Å². The van der Waals surface area contributed by atoms with Crippen LogP contribution in [0.1, 0.15) is 13.8 Å². The van der Waals surface area contributed by atoms with Gasteiger partial charge in [0.1, 0.15) is 0 Å². The maximum Gasteiger partial charge on any atom is 0.573 e. The lowest BCUT2D eigenvalue weighted by atomic mass is 10.0. The predicted octanol–water partition coefficient (Wildman–Crippen LogP) is 4.87. The van der Waals surface area contributed by atoms with Crippen LogP contribution in [0.3, 0.4) is 0 Å². The van der Waals surface area contributed by atoms with Gasteiger partial charge in [-0.15, -0.1) is 13.2 Å². The van der Waals surface area contributed by atoms with Crippen molar-refractivity contribution in [3.8, 4) is 22.6 Å². The standard InChI is InChI=1S/C17H18F3NO2/c1-11(2)10-22-16-9-13(12-3-6-14(21)7-4-12)5-8-15(16)23-17(18,19)20/h3-9,11H,10,21H2,1-2H3. The fraction of sp³-hybridized carbons (Fsp3) is 0.294. The van der Waals surface area contributed by atoms with Crippen molar-refractivity contribution in [3.05, 3.63) is 42.5 Å². The van der Waals surface area contributed by atoms with E-state index in [0.29, 0.717) is 12.3 Å². The summed E-state index contributed by atoms with van der Waals surface area (Å²) >= 11 is 0. The first kappa shape index (κ1) is 17.0. The number of nitrogens with two attached hydrogens (primary N) is 1. The Hall–Kier alpha value is -2.37. The molecule has 0 radical (unpaired) electrons. The van der Waals surface area contributed by atoms with Crippen molar-refractivity contribution < 1.29 is 22.6 Å². The SMILES string of the molecule is CC(C)COc1cc(-c2ccc(N)cc2)ccc1OC(F)(F)F. The fourth-order valence-electron chi connectivity index (χ4n) is 1.94. The Morgan fingerprint density at radius 2 is 1.57 bits per heavy atom. The number of anilines is 1. The largest absolute Gasteiger partial charge is 0.573 e. The van der Waals surface area contributed by atoms with E-state index in [-0.39, 0.29) is 17.4 Å². The van der Waals surface area contributed by atoms with Crippen LogP contribution in [0.5, 0.6) is 11.5 Å². The Balaban J connectivity index is 2.35. The second kappa shape index (κ2) is 6.81. The van der Waals surface area contributed by atoms with Crippen molar-refractivity contribution in [1.82, 2.24) is 0 Å². The summed E-state index contributed by atoms with van der Waals surface area (Å²) in [5.74, 6) is -0.114. The predicted molar refractivity (Wildman–Crippen MR) is 83.3 cm³/mol. The van der Waals surface area contributed by atoms with E-state index in [4.69, 9.17) is 10.5 Å². The van der Waals surface area contributed by atoms with Crippen LogP contribution in [0.15, 0.2) is 42.5 Å². The maximum absolute atomic E-state index is 12.5. The van der Waals surface area contributed by atoms with Gasteiger partial charge in [0.15, 0.2) is 11.5 Å². The summed E-state index contributed by atoms with van der Waals surface area (Å²) in [6.07, 6.45) is -4.77. The molecule has 2 aromatic rings. The highest BCUT2D eigenvalue weighted by Crippen LogP contribution is 2.36. The van der Waals surface area contributed by atoms with Crippen LogP contribution in [0.25, 0.3) is 11.1 Å². The van der Waals surface area contributed by atoms with Crippen molar-refractivity contribution in [3.63, 3.8) is 0 Å². The minimum Gasteiger partial charge on any atom is -0.489 e. The lowest BCUT2D eigenvalue weighted by Crippen LogP contribution is -2.18. The molecule has 2 aromatic carbocycles. The van der Waals surface area contributed by atoms with E-state index in [1.54, 1.807) is 30.3 Å². The molecule has 2 rings (SSSR count). The summed E-state index contributed by atoms with van der Waals surface area (Å²) in [6, 6.07) is 11.4. The number of hydrogen-bond acceptors (Lipinski definition) is 3. The number of halogens is 3. The molecule has 0 aliphatic rings. The molecule has 124 valence electrons. The minimum atomic E-state index is -4.77. The van der Waals surface area contributed by atoms with Gasteiger partial charge in [-0.05, 0) is 41.3 Å². The van der Waals surface area contributed by atoms with Gasteiger partial charge in [-0.1, -0.05) is 32.0 Å². The molecule has 0 amide bonds. The lowest BCUT2D eigenvalue weighted by molar-refractivity contribution is -0.275. The van der Waals surface area contributed by atoms with Crippen molar-refractivity contribution in [2.75, 3.05) is 12.3 Å². The third-order valence-corrected chi connectivity index (χ3v) is 2.99. The molecule has 3 nitrogen and oxygen atoms in total. The van der Waals surface area contributed by atoms with Gasteiger partial charge in [-0.25, -0.2) is 0 Å². The summed E-state index contributed by atoms with van der Waals surface area (Å²) in [7, 11) is 0. The molecule has 0 saturated carbocycles. The molecule has 0 saturated heterocycles. The van der Waals surface area contributed by atoms with Gasteiger partial charge in [0.05, 0.1) is 6.61 Å². The second-order valence-electron chi connectivity index (χ2n) is 5.54.